The molecular weight excluding hydrogens is 368 g/mol. The topological polar surface area (TPSA) is 57.6 Å². The summed E-state index contributed by atoms with van der Waals surface area (Å²) in [5, 5.41) is 3.80. The number of benzene rings is 1. The van der Waals surface area contributed by atoms with Crippen LogP contribution in [0, 0.1) is 6.92 Å². The molecule has 1 aromatic heterocycles. The molecule has 0 radical (unpaired) electrons. The minimum absolute atomic E-state index is 0.158. The first kappa shape index (κ1) is 18.9. The van der Waals surface area contributed by atoms with Crippen LogP contribution in [-0.2, 0) is 16.6 Å². The molecule has 8 heteroatoms. The summed E-state index contributed by atoms with van der Waals surface area (Å²) >= 11 is 5.60. The van der Waals surface area contributed by atoms with E-state index in [4.69, 9.17) is 12.2 Å². The number of nitrogens with zero attached hydrogens (tertiary/aromatic N) is 3. The zero-order valence-corrected chi connectivity index (χ0v) is 17.1. The maximum atomic E-state index is 12.3. The standard InChI is InChI=1S/C18H24N4O2S2/c1-13-8-9-17-14(2)22(11-10-21(13)17)18(25)19-15-6-5-7-16(12-15)26(23,24)20(3)4/h5-9,12,14H,10-11H2,1-4H3,(H,19,25)/t14-/m0/s1. The van der Waals surface area contributed by atoms with Gasteiger partial charge < -0.3 is 14.8 Å². The molecule has 2 aromatic rings. The van der Waals surface area contributed by atoms with Crippen molar-refractivity contribution in [2.24, 2.45) is 0 Å². The molecule has 1 aromatic carbocycles. The van der Waals surface area contributed by atoms with Gasteiger partial charge in [-0.3, -0.25) is 0 Å². The lowest BCUT2D eigenvalue weighted by Crippen LogP contribution is -2.43. The molecule has 6 nitrogen and oxygen atoms in total. The molecule has 0 aliphatic carbocycles. The van der Waals surface area contributed by atoms with E-state index >= 15 is 0 Å². The SMILES string of the molecule is Cc1ccc2n1CCN(C(=S)Nc1cccc(S(=O)(=O)N(C)C)c1)[C@H]2C. The molecule has 0 fully saturated rings. The van der Waals surface area contributed by atoms with Gasteiger partial charge in [0.25, 0.3) is 0 Å². The van der Waals surface area contributed by atoms with Gasteiger partial charge in [-0.1, -0.05) is 6.07 Å². The number of sulfonamides is 1. The second-order valence-corrected chi connectivity index (χ2v) is 9.20. The number of nitrogens with one attached hydrogen (secondary N) is 1. The van der Waals surface area contributed by atoms with Crippen molar-refractivity contribution in [2.75, 3.05) is 26.0 Å². The molecule has 26 heavy (non-hydrogen) atoms. The Morgan fingerprint density at radius 2 is 1.96 bits per heavy atom. The highest BCUT2D eigenvalue weighted by atomic mass is 32.2. The molecule has 140 valence electrons. The van der Waals surface area contributed by atoms with Gasteiger partial charge in [0.1, 0.15) is 0 Å². The van der Waals surface area contributed by atoms with E-state index in [-0.39, 0.29) is 10.9 Å². The monoisotopic (exact) mass is 392 g/mol. The van der Waals surface area contributed by atoms with Crippen LogP contribution in [0.3, 0.4) is 0 Å². The lowest BCUT2D eigenvalue weighted by atomic mass is 10.1. The summed E-state index contributed by atoms with van der Waals surface area (Å²) in [6.07, 6.45) is 0. The van der Waals surface area contributed by atoms with Gasteiger partial charge in [0, 0.05) is 44.3 Å². The average molecular weight is 393 g/mol. The number of hydrogen-bond acceptors (Lipinski definition) is 3. The largest absolute Gasteiger partial charge is 0.345 e. The highest BCUT2D eigenvalue weighted by Crippen LogP contribution is 2.28. The molecule has 1 aliphatic rings. The van der Waals surface area contributed by atoms with E-state index in [9.17, 15) is 8.42 Å². The summed E-state index contributed by atoms with van der Waals surface area (Å²) in [6, 6.07) is 11.2. The van der Waals surface area contributed by atoms with Crippen molar-refractivity contribution in [2.45, 2.75) is 31.3 Å². The molecule has 0 unspecified atom stereocenters. The number of aryl methyl sites for hydroxylation is 1. The number of thiocarbonyl (C=S) groups is 1. The number of rotatable bonds is 3. The molecule has 0 spiro atoms. The minimum atomic E-state index is -3.47. The third-order valence-electron chi connectivity index (χ3n) is 4.82. The first-order valence-corrected chi connectivity index (χ1v) is 10.3. The maximum absolute atomic E-state index is 12.3. The summed E-state index contributed by atoms with van der Waals surface area (Å²) in [6.45, 7) is 5.94. The normalized spacial score (nSPS) is 17.3. The quantitative estimate of drug-likeness (QED) is 0.814. The fourth-order valence-electron chi connectivity index (χ4n) is 3.24. The van der Waals surface area contributed by atoms with Gasteiger partial charge >= 0.3 is 0 Å². The molecule has 3 rings (SSSR count). The Balaban J connectivity index is 1.79. The van der Waals surface area contributed by atoms with Crippen molar-refractivity contribution in [3.05, 3.63) is 47.8 Å². The highest BCUT2D eigenvalue weighted by Gasteiger charge is 2.26. The zero-order valence-electron chi connectivity index (χ0n) is 15.4. The van der Waals surface area contributed by atoms with Crippen LogP contribution in [0.2, 0.25) is 0 Å². The van der Waals surface area contributed by atoms with Gasteiger partial charge in [-0.05, 0) is 56.4 Å². The van der Waals surface area contributed by atoms with Crippen molar-refractivity contribution < 1.29 is 8.42 Å². The van der Waals surface area contributed by atoms with Gasteiger partial charge in [-0.2, -0.15) is 0 Å². The molecule has 1 atom stereocenters. The lowest BCUT2D eigenvalue weighted by Gasteiger charge is -2.37. The lowest BCUT2D eigenvalue weighted by molar-refractivity contribution is 0.274. The van der Waals surface area contributed by atoms with Crippen LogP contribution >= 0.6 is 12.2 Å². The van der Waals surface area contributed by atoms with Crippen LogP contribution < -0.4 is 5.32 Å². The van der Waals surface area contributed by atoms with Crippen LogP contribution in [0.5, 0.6) is 0 Å². The fourth-order valence-corrected chi connectivity index (χ4v) is 4.55. The van der Waals surface area contributed by atoms with E-state index in [1.165, 1.54) is 29.8 Å². The van der Waals surface area contributed by atoms with E-state index in [1.807, 2.05) is 6.07 Å². The molecule has 0 saturated heterocycles. The summed E-state index contributed by atoms with van der Waals surface area (Å²) in [4.78, 5) is 2.38. The van der Waals surface area contributed by atoms with Crippen LogP contribution in [0.25, 0.3) is 0 Å². The van der Waals surface area contributed by atoms with Crippen molar-refractivity contribution in [3.63, 3.8) is 0 Å². The Kier molecular flexibility index (Phi) is 5.09. The Hall–Kier alpha value is -1.90. The summed E-state index contributed by atoms with van der Waals surface area (Å²) in [5.41, 5.74) is 3.16. The predicted octanol–water partition coefficient (Wildman–Crippen LogP) is 2.82. The minimum Gasteiger partial charge on any atom is -0.345 e. The number of anilines is 1. The molecule has 0 bridgehead atoms. The first-order valence-electron chi connectivity index (χ1n) is 8.48. The highest BCUT2D eigenvalue weighted by molar-refractivity contribution is 7.89. The molecular formula is C18H24N4O2S2. The van der Waals surface area contributed by atoms with E-state index in [2.05, 4.69) is 40.8 Å². The summed E-state index contributed by atoms with van der Waals surface area (Å²) in [7, 11) is -0.434. The Bertz CT molecular complexity index is 934. The van der Waals surface area contributed by atoms with Gasteiger partial charge in [-0.25, -0.2) is 12.7 Å². The molecule has 1 aliphatic heterocycles. The van der Waals surface area contributed by atoms with Crippen molar-refractivity contribution in [1.29, 1.82) is 0 Å². The third-order valence-corrected chi connectivity index (χ3v) is 6.97. The van der Waals surface area contributed by atoms with Gasteiger partial charge in [0.05, 0.1) is 10.9 Å². The summed E-state index contributed by atoms with van der Waals surface area (Å²) in [5.74, 6) is 0. The van der Waals surface area contributed by atoms with Crippen molar-refractivity contribution in [3.8, 4) is 0 Å². The van der Waals surface area contributed by atoms with Crippen LogP contribution in [0.4, 0.5) is 5.69 Å². The van der Waals surface area contributed by atoms with Crippen LogP contribution in [0.15, 0.2) is 41.3 Å². The van der Waals surface area contributed by atoms with E-state index in [0.717, 1.165) is 13.1 Å². The average Bonchev–Trinajstić information content (AvgIpc) is 2.97. The molecule has 2 heterocycles. The third kappa shape index (κ3) is 3.36. The van der Waals surface area contributed by atoms with Gasteiger partial charge in [0.2, 0.25) is 10.0 Å². The number of fused-ring (bicyclic) bond motifs is 1. The van der Waals surface area contributed by atoms with E-state index in [0.29, 0.717) is 10.8 Å². The number of aromatic nitrogens is 1. The van der Waals surface area contributed by atoms with Crippen molar-refractivity contribution >= 4 is 33.0 Å². The maximum Gasteiger partial charge on any atom is 0.242 e. The predicted molar refractivity (Wildman–Crippen MR) is 108 cm³/mol. The molecule has 0 amide bonds. The van der Waals surface area contributed by atoms with E-state index < -0.39 is 10.0 Å². The van der Waals surface area contributed by atoms with E-state index in [1.54, 1.807) is 18.2 Å². The second-order valence-electron chi connectivity index (χ2n) is 6.67. The van der Waals surface area contributed by atoms with Gasteiger partial charge in [0.15, 0.2) is 5.11 Å². The zero-order chi connectivity index (χ0) is 19.1. The first-order chi connectivity index (χ1) is 12.2. The summed E-state index contributed by atoms with van der Waals surface area (Å²) < 4.78 is 28.1. The second kappa shape index (κ2) is 7.02. The number of hydrogen-bond donors (Lipinski definition) is 1. The van der Waals surface area contributed by atoms with Crippen molar-refractivity contribution in [1.82, 2.24) is 13.8 Å². The van der Waals surface area contributed by atoms with Crippen LogP contribution in [0.1, 0.15) is 24.4 Å². The Labute approximate surface area is 160 Å². The molecule has 1 N–H and O–H groups in total. The van der Waals surface area contributed by atoms with Crippen LogP contribution in [-0.4, -0.2) is 47.9 Å². The Morgan fingerprint density at radius 1 is 1.23 bits per heavy atom. The Morgan fingerprint density at radius 3 is 2.65 bits per heavy atom. The van der Waals surface area contributed by atoms with Gasteiger partial charge in [-0.15, -0.1) is 0 Å². The molecule has 0 saturated carbocycles. The smallest absolute Gasteiger partial charge is 0.242 e. The fraction of sp³-hybridized carbons (Fsp3) is 0.389.